The van der Waals surface area contributed by atoms with Crippen LogP contribution in [0.3, 0.4) is 0 Å². The van der Waals surface area contributed by atoms with Gasteiger partial charge in [0.2, 0.25) is 0 Å². The Morgan fingerprint density at radius 1 is 0.955 bits per heavy atom. The second kappa shape index (κ2) is 6.77. The summed E-state index contributed by atoms with van der Waals surface area (Å²) in [6.45, 7) is 1.96. The summed E-state index contributed by atoms with van der Waals surface area (Å²) in [6, 6.07) is 10.4. The van der Waals surface area contributed by atoms with Gasteiger partial charge in [0.1, 0.15) is 5.82 Å². The third-order valence-corrected chi connectivity index (χ3v) is 3.40. The minimum absolute atomic E-state index is 0.436. The minimum Gasteiger partial charge on any atom is -0.206 e. The zero-order valence-electron chi connectivity index (χ0n) is 12.1. The molecule has 0 aliphatic rings. The van der Waals surface area contributed by atoms with Crippen molar-refractivity contribution in [2.24, 2.45) is 0 Å². The molecule has 0 bridgehead atoms. The Balaban J connectivity index is 2.20. The van der Waals surface area contributed by atoms with Crippen LogP contribution in [0.15, 0.2) is 54.6 Å². The van der Waals surface area contributed by atoms with Gasteiger partial charge in [-0.2, -0.15) is 13.2 Å². The molecule has 0 aromatic heterocycles. The highest BCUT2D eigenvalue weighted by Crippen LogP contribution is 2.33. The van der Waals surface area contributed by atoms with Crippen molar-refractivity contribution in [3.05, 3.63) is 71.6 Å². The summed E-state index contributed by atoms with van der Waals surface area (Å²) in [7, 11) is 0. The van der Waals surface area contributed by atoms with Crippen molar-refractivity contribution in [3.63, 3.8) is 0 Å². The molecular weight excluding hydrogens is 292 g/mol. The van der Waals surface area contributed by atoms with Gasteiger partial charge in [-0.15, -0.1) is 0 Å². The topological polar surface area (TPSA) is 0 Å². The van der Waals surface area contributed by atoms with Gasteiger partial charge in [0.15, 0.2) is 0 Å². The van der Waals surface area contributed by atoms with E-state index in [2.05, 4.69) is 6.08 Å². The maximum atomic E-state index is 13.6. The van der Waals surface area contributed by atoms with Crippen LogP contribution >= 0.6 is 0 Å². The van der Waals surface area contributed by atoms with E-state index in [0.717, 1.165) is 30.5 Å². The monoisotopic (exact) mass is 308 g/mol. The van der Waals surface area contributed by atoms with Gasteiger partial charge in [-0.3, -0.25) is 0 Å². The fourth-order valence-corrected chi connectivity index (χ4v) is 2.21. The van der Waals surface area contributed by atoms with E-state index in [1.165, 1.54) is 6.07 Å². The molecule has 2 aromatic carbocycles. The van der Waals surface area contributed by atoms with Crippen molar-refractivity contribution in [1.82, 2.24) is 0 Å². The van der Waals surface area contributed by atoms with Gasteiger partial charge < -0.3 is 0 Å². The first-order chi connectivity index (χ1) is 10.4. The zero-order chi connectivity index (χ0) is 16.2. The van der Waals surface area contributed by atoms with Gasteiger partial charge in [-0.1, -0.05) is 42.5 Å². The van der Waals surface area contributed by atoms with Crippen molar-refractivity contribution in [3.8, 4) is 11.1 Å². The zero-order valence-corrected chi connectivity index (χ0v) is 12.1. The van der Waals surface area contributed by atoms with E-state index in [1.54, 1.807) is 12.1 Å². The molecule has 0 spiro atoms. The predicted octanol–water partition coefficient (Wildman–Crippen LogP) is 6.02. The van der Waals surface area contributed by atoms with Crippen molar-refractivity contribution in [2.45, 2.75) is 25.9 Å². The minimum atomic E-state index is -4.67. The molecule has 0 radical (unpaired) electrons. The van der Waals surface area contributed by atoms with Crippen molar-refractivity contribution in [2.75, 3.05) is 0 Å². The highest BCUT2D eigenvalue weighted by atomic mass is 19.4. The fraction of sp³-hybridized carbons (Fsp3) is 0.222. The van der Waals surface area contributed by atoms with Gasteiger partial charge in [0.05, 0.1) is 5.56 Å². The number of aryl methyl sites for hydroxylation is 1. The fourth-order valence-electron chi connectivity index (χ4n) is 2.21. The summed E-state index contributed by atoms with van der Waals surface area (Å²) in [5.74, 6) is -1.25. The van der Waals surface area contributed by atoms with Gasteiger partial charge in [0, 0.05) is 0 Å². The van der Waals surface area contributed by atoms with Gasteiger partial charge in [0.25, 0.3) is 0 Å². The van der Waals surface area contributed by atoms with E-state index in [0.29, 0.717) is 11.1 Å². The van der Waals surface area contributed by atoms with Gasteiger partial charge >= 0.3 is 6.18 Å². The molecule has 0 unspecified atom stereocenters. The number of benzene rings is 2. The SMILES string of the molecule is CC=CCCc1ccc(-c2ccc(C(F)(F)F)c(F)c2)cc1. The highest BCUT2D eigenvalue weighted by molar-refractivity contribution is 5.64. The largest absolute Gasteiger partial charge is 0.419 e. The Hall–Kier alpha value is -2.10. The normalized spacial score (nSPS) is 12.0. The lowest BCUT2D eigenvalue weighted by atomic mass is 10.0. The summed E-state index contributed by atoms with van der Waals surface area (Å²) >= 11 is 0. The molecule has 0 atom stereocenters. The molecular formula is C18H16F4. The first kappa shape index (κ1) is 16.3. The van der Waals surface area contributed by atoms with E-state index < -0.39 is 17.6 Å². The molecule has 0 aliphatic heterocycles. The molecule has 116 valence electrons. The summed E-state index contributed by atoms with van der Waals surface area (Å²) < 4.78 is 51.2. The second-order valence-corrected chi connectivity index (χ2v) is 5.00. The molecule has 22 heavy (non-hydrogen) atoms. The van der Waals surface area contributed by atoms with Crippen LogP contribution in [-0.2, 0) is 12.6 Å². The van der Waals surface area contributed by atoms with Crippen LogP contribution in [0.25, 0.3) is 11.1 Å². The van der Waals surface area contributed by atoms with E-state index in [9.17, 15) is 17.6 Å². The average molecular weight is 308 g/mol. The van der Waals surface area contributed by atoms with Crippen LogP contribution in [0.1, 0.15) is 24.5 Å². The molecule has 2 aromatic rings. The van der Waals surface area contributed by atoms with Crippen molar-refractivity contribution >= 4 is 0 Å². The Bertz CT molecular complexity index is 652. The van der Waals surface area contributed by atoms with E-state index in [-0.39, 0.29) is 0 Å². The van der Waals surface area contributed by atoms with E-state index in [1.807, 2.05) is 25.1 Å². The number of halogens is 4. The highest BCUT2D eigenvalue weighted by Gasteiger charge is 2.33. The van der Waals surface area contributed by atoms with Crippen LogP contribution in [-0.4, -0.2) is 0 Å². The maximum absolute atomic E-state index is 13.6. The third-order valence-electron chi connectivity index (χ3n) is 3.40. The van der Waals surface area contributed by atoms with Crippen LogP contribution in [0.5, 0.6) is 0 Å². The summed E-state index contributed by atoms with van der Waals surface area (Å²) in [5.41, 5.74) is 1.03. The van der Waals surface area contributed by atoms with Gasteiger partial charge in [-0.25, -0.2) is 4.39 Å². The first-order valence-electron chi connectivity index (χ1n) is 6.99. The molecule has 0 N–H and O–H groups in total. The summed E-state index contributed by atoms with van der Waals surface area (Å²) in [6.07, 6.45) is 1.22. The molecule has 0 saturated carbocycles. The van der Waals surface area contributed by atoms with E-state index >= 15 is 0 Å². The molecule has 2 rings (SSSR count). The lowest BCUT2D eigenvalue weighted by molar-refractivity contribution is -0.139. The number of hydrogen-bond acceptors (Lipinski definition) is 0. The van der Waals surface area contributed by atoms with Crippen molar-refractivity contribution < 1.29 is 17.6 Å². The quantitative estimate of drug-likeness (QED) is 0.478. The average Bonchev–Trinajstić information content (AvgIpc) is 2.47. The van der Waals surface area contributed by atoms with Crippen molar-refractivity contribution in [1.29, 1.82) is 0 Å². The van der Waals surface area contributed by atoms with E-state index in [4.69, 9.17) is 0 Å². The molecule has 0 nitrogen and oxygen atoms in total. The predicted molar refractivity (Wildman–Crippen MR) is 80.0 cm³/mol. The Labute approximate surface area is 127 Å². The molecule has 0 fully saturated rings. The smallest absolute Gasteiger partial charge is 0.206 e. The Kier molecular flexibility index (Phi) is 5.01. The Morgan fingerprint density at radius 2 is 1.59 bits per heavy atom. The number of allylic oxidation sites excluding steroid dienone is 2. The van der Waals surface area contributed by atoms with Crippen LogP contribution in [0.4, 0.5) is 17.6 Å². The standard InChI is InChI=1S/C18H16F4/c1-2-3-4-5-13-6-8-14(9-7-13)15-10-11-16(17(19)12-15)18(20,21)22/h2-3,6-12H,4-5H2,1H3. The number of alkyl halides is 3. The summed E-state index contributed by atoms with van der Waals surface area (Å²) in [5, 5.41) is 0. The maximum Gasteiger partial charge on any atom is 0.419 e. The molecule has 0 saturated heterocycles. The second-order valence-electron chi connectivity index (χ2n) is 5.00. The Morgan fingerprint density at radius 3 is 2.14 bits per heavy atom. The molecule has 4 heteroatoms. The van der Waals surface area contributed by atoms with Crippen LogP contribution in [0.2, 0.25) is 0 Å². The lowest BCUT2D eigenvalue weighted by Crippen LogP contribution is -2.07. The van der Waals surface area contributed by atoms with Crippen LogP contribution < -0.4 is 0 Å². The summed E-state index contributed by atoms with van der Waals surface area (Å²) in [4.78, 5) is 0. The number of rotatable bonds is 4. The number of hydrogen-bond donors (Lipinski definition) is 0. The molecule has 0 aliphatic carbocycles. The van der Waals surface area contributed by atoms with Gasteiger partial charge in [-0.05, 0) is 48.6 Å². The molecule has 0 amide bonds. The molecule has 0 heterocycles. The first-order valence-corrected chi connectivity index (χ1v) is 6.99. The third kappa shape index (κ3) is 3.97. The van der Waals surface area contributed by atoms with Crippen LogP contribution in [0, 0.1) is 5.82 Å². The lowest BCUT2D eigenvalue weighted by Gasteiger charge is -2.10.